The third kappa shape index (κ3) is 2.81. The molecule has 0 radical (unpaired) electrons. The van der Waals surface area contributed by atoms with Gasteiger partial charge in [-0.1, -0.05) is 0 Å². The van der Waals surface area contributed by atoms with Gasteiger partial charge in [-0.05, 0) is 45.0 Å². The van der Waals surface area contributed by atoms with Crippen molar-refractivity contribution in [3.05, 3.63) is 30.0 Å². The van der Waals surface area contributed by atoms with E-state index in [2.05, 4.69) is 10.4 Å². The highest BCUT2D eigenvalue weighted by atomic mass is 16.5. The maximum absolute atomic E-state index is 6.03. The summed E-state index contributed by atoms with van der Waals surface area (Å²) in [6, 6.07) is 7.79. The van der Waals surface area contributed by atoms with E-state index < -0.39 is 0 Å². The van der Waals surface area contributed by atoms with Crippen LogP contribution in [0.4, 0.5) is 17.2 Å². The van der Waals surface area contributed by atoms with Crippen LogP contribution in [0.1, 0.15) is 19.5 Å². The van der Waals surface area contributed by atoms with Gasteiger partial charge in [0.2, 0.25) is 0 Å². The molecule has 1 aromatic heterocycles. The van der Waals surface area contributed by atoms with Crippen LogP contribution in [0.3, 0.4) is 0 Å². The summed E-state index contributed by atoms with van der Waals surface area (Å²) in [6.45, 7) is 7.36. The van der Waals surface area contributed by atoms with Crippen LogP contribution in [-0.2, 0) is 6.54 Å². The standard InChI is InChI=1S/C14H20N4O/c1-4-18-14(13(15)10(3)17-18)16-11-6-8-12(9-7-11)19-5-2/h6-9,16H,4-5,15H2,1-3H3. The van der Waals surface area contributed by atoms with E-state index in [1.807, 2.05) is 49.7 Å². The number of rotatable bonds is 5. The zero-order valence-corrected chi connectivity index (χ0v) is 11.6. The minimum absolute atomic E-state index is 0.668. The number of nitrogens with zero attached hydrogens (tertiary/aromatic N) is 2. The van der Waals surface area contributed by atoms with E-state index in [0.29, 0.717) is 12.3 Å². The summed E-state index contributed by atoms with van der Waals surface area (Å²) >= 11 is 0. The van der Waals surface area contributed by atoms with E-state index in [-0.39, 0.29) is 0 Å². The lowest BCUT2D eigenvalue weighted by Gasteiger charge is -2.10. The molecule has 2 rings (SSSR count). The zero-order chi connectivity index (χ0) is 13.8. The lowest BCUT2D eigenvalue weighted by atomic mass is 10.3. The Morgan fingerprint density at radius 3 is 2.53 bits per heavy atom. The van der Waals surface area contributed by atoms with Gasteiger partial charge in [-0.3, -0.25) is 0 Å². The fourth-order valence-corrected chi connectivity index (χ4v) is 1.89. The second-order valence-electron chi connectivity index (χ2n) is 4.25. The molecule has 102 valence electrons. The lowest BCUT2D eigenvalue weighted by Crippen LogP contribution is -2.04. The molecule has 1 aromatic carbocycles. The van der Waals surface area contributed by atoms with Gasteiger partial charge in [0.15, 0.2) is 5.82 Å². The number of aryl methyl sites for hydroxylation is 2. The van der Waals surface area contributed by atoms with Crippen molar-refractivity contribution in [1.29, 1.82) is 0 Å². The molecule has 0 spiro atoms. The van der Waals surface area contributed by atoms with Crippen molar-refractivity contribution in [2.75, 3.05) is 17.7 Å². The lowest BCUT2D eigenvalue weighted by molar-refractivity contribution is 0.340. The second-order valence-corrected chi connectivity index (χ2v) is 4.25. The van der Waals surface area contributed by atoms with Crippen LogP contribution < -0.4 is 15.8 Å². The summed E-state index contributed by atoms with van der Waals surface area (Å²) in [6.07, 6.45) is 0. The third-order valence-corrected chi connectivity index (χ3v) is 2.90. The van der Waals surface area contributed by atoms with Crippen LogP contribution in [-0.4, -0.2) is 16.4 Å². The first kappa shape index (κ1) is 13.3. The highest BCUT2D eigenvalue weighted by Gasteiger charge is 2.11. The molecular formula is C14H20N4O. The molecule has 0 aliphatic heterocycles. The van der Waals surface area contributed by atoms with E-state index in [1.165, 1.54) is 0 Å². The molecule has 0 bridgehead atoms. The molecule has 0 saturated heterocycles. The molecule has 5 nitrogen and oxygen atoms in total. The number of ether oxygens (including phenoxy) is 1. The van der Waals surface area contributed by atoms with Crippen LogP contribution in [0.15, 0.2) is 24.3 Å². The number of benzene rings is 1. The number of nitrogens with two attached hydrogens (primary N) is 1. The average molecular weight is 260 g/mol. The SMILES string of the molecule is CCOc1ccc(Nc2c(N)c(C)nn2CC)cc1. The van der Waals surface area contributed by atoms with Gasteiger partial charge in [-0.2, -0.15) is 5.10 Å². The van der Waals surface area contributed by atoms with Crippen molar-refractivity contribution >= 4 is 17.2 Å². The Morgan fingerprint density at radius 2 is 1.95 bits per heavy atom. The van der Waals surface area contributed by atoms with Gasteiger partial charge in [0.05, 0.1) is 18.0 Å². The molecule has 0 fully saturated rings. The Balaban J connectivity index is 2.21. The Morgan fingerprint density at radius 1 is 1.26 bits per heavy atom. The number of anilines is 3. The maximum atomic E-state index is 6.03. The number of nitrogens with one attached hydrogen (secondary N) is 1. The summed E-state index contributed by atoms with van der Waals surface area (Å²) in [5.41, 5.74) is 8.53. The van der Waals surface area contributed by atoms with Gasteiger partial charge < -0.3 is 15.8 Å². The highest BCUT2D eigenvalue weighted by Crippen LogP contribution is 2.26. The summed E-state index contributed by atoms with van der Waals surface area (Å²) in [5.74, 6) is 1.70. The summed E-state index contributed by atoms with van der Waals surface area (Å²) in [7, 11) is 0. The van der Waals surface area contributed by atoms with Gasteiger partial charge in [0, 0.05) is 12.2 Å². The van der Waals surface area contributed by atoms with Crippen molar-refractivity contribution in [2.24, 2.45) is 0 Å². The van der Waals surface area contributed by atoms with Crippen LogP contribution in [0, 0.1) is 6.92 Å². The van der Waals surface area contributed by atoms with E-state index >= 15 is 0 Å². The van der Waals surface area contributed by atoms with Crippen LogP contribution in [0.25, 0.3) is 0 Å². The first-order valence-corrected chi connectivity index (χ1v) is 6.48. The Labute approximate surface area is 113 Å². The van der Waals surface area contributed by atoms with E-state index in [1.54, 1.807) is 0 Å². The van der Waals surface area contributed by atoms with Gasteiger partial charge in [-0.25, -0.2) is 4.68 Å². The van der Waals surface area contributed by atoms with Crippen molar-refractivity contribution in [2.45, 2.75) is 27.3 Å². The smallest absolute Gasteiger partial charge is 0.152 e. The first-order valence-electron chi connectivity index (χ1n) is 6.48. The fourth-order valence-electron chi connectivity index (χ4n) is 1.89. The van der Waals surface area contributed by atoms with E-state index in [4.69, 9.17) is 10.5 Å². The van der Waals surface area contributed by atoms with Crippen LogP contribution in [0.5, 0.6) is 5.75 Å². The topological polar surface area (TPSA) is 65.1 Å². The molecule has 5 heteroatoms. The Bertz CT molecular complexity index is 545. The fraction of sp³-hybridized carbons (Fsp3) is 0.357. The van der Waals surface area contributed by atoms with Crippen LogP contribution in [0.2, 0.25) is 0 Å². The molecule has 0 aliphatic carbocycles. The minimum Gasteiger partial charge on any atom is -0.494 e. The van der Waals surface area contributed by atoms with Crippen molar-refractivity contribution in [3.63, 3.8) is 0 Å². The first-order chi connectivity index (χ1) is 9.15. The highest BCUT2D eigenvalue weighted by molar-refractivity contribution is 5.71. The van der Waals surface area contributed by atoms with Gasteiger partial charge >= 0.3 is 0 Å². The van der Waals surface area contributed by atoms with Gasteiger partial charge in [-0.15, -0.1) is 0 Å². The summed E-state index contributed by atoms with van der Waals surface area (Å²) in [4.78, 5) is 0. The summed E-state index contributed by atoms with van der Waals surface area (Å²) < 4.78 is 7.28. The van der Waals surface area contributed by atoms with Crippen molar-refractivity contribution < 1.29 is 4.74 Å². The zero-order valence-electron chi connectivity index (χ0n) is 11.6. The van der Waals surface area contributed by atoms with Crippen LogP contribution >= 0.6 is 0 Å². The van der Waals surface area contributed by atoms with Gasteiger partial charge in [0.25, 0.3) is 0 Å². The minimum atomic E-state index is 0.668. The Kier molecular flexibility index (Phi) is 3.94. The van der Waals surface area contributed by atoms with E-state index in [9.17, 15) is 0 Å². The molecule has 3 N–H and O–H groups in total. The largest absolute Gasteiger partial charge is 0.494 e. The number of aromatic nitrogens is 2. The number of nitrogen functional groups attached to an aromatic ring is 1. The molecule has 0 saturated carbocycles. The second kappa shape index (κ2) is 5.65. The maximum Gasteiger partial charge on any atom is 0.152 e. The predicted octanol–water partition coefficient (Wildman–Crippen LogP) is 2.94. The predicted molar refractivity (Wildman–Crippen MR) is 77.9 cm³/mol. The molecule has 0 unspecified atom stereocenters. The average Bonchev–Trinajstić information content (AvgIpc) is 2.69. The number of hydrogen-bond acceptors (Lipinski definition) is 4. The molecule has 0 atom stereocenters. The normalized spacial score (nSPS) is 10.5. The van der Waals surface area contributed by atoms with Gasteiger partial charge in [0.1, 0.15) is 5.75 Å². The molecular weight excluding hydrogens is 240 g/mol. The molecule has 0 amide bonds. The van der Waals surface area contributed by atoms with Crippen molar-refractivity contribution in [1.82, 2.24) is 9.78 Å². The Hall–Kier alpha value is -2.17. The molecule has 1 heterocycles. The monoisotopic (exact) mass is 260 g/mol. The van der Waals surface area contributed by atoms with E-state index in [0.717, 1.165) is 29.5 Å². The third-order valence-electron chi connectivity index (χ3n) is 2.90. The molecule has 2 aromatic rings. The van der Waals surface area contributed by atoms with Crippen molar-refractivity contribution in [3.8, 4) is 5.75 Å². The molecule has 0 aliphatic rings. The molecule has 19 heavy (non-hydrogen) atoms. The number of hydrogen-bond donors (Lipinski definition) is 2. The quantitative estimate of drug-likeness (QED) is 0.867. The summed E-state index contributed by atoms with van der Waals surface area (Å²) in [5, 5.41) is 7.68.